The molecule has 6 unspecified atom stereocenters. The van der Waals surface area contributed by atoms with Gasteiger partial charge in [0.1, 0.15) is 30.8 Å². The summed E-state index contributed by atoms with van der Waals surface area (Å²) in [6, 6.07) is 38.7. The molecule has 81 heavy (non-hydrogen) atoms. The number of aliphatic hydroxyl groups excluding tert-OH is 2. The van der Waals surface area contributed by atoms with Gasteiger partial charge in [0.15, 0.2) is 0 Å². The lowest BCUT2D eigenvalue weighted by Gasteiger charge is -2.59. The minimum Gasteiger partial charge on any atom is -0.459 e. The monoisotopic (exact) mass is 1110 g/mol. The second-order valence-electron chi connectivity index (χ2n) is 21.9. The maximum Gasteiger partial charge on any atom is 0.412 e. The van der Waals surface area contributed by atoms with Crippen molar-refractivity contribution in [1.82, 2.24) is 10.2 Å². The van der Waals surface area contributed by atoms with Gasteiger partial charge in [0.2, 0.25) is 5.79 Å². The van der Waals surface area contributed by atoms with Crippen LogP contribution in [-0.4, -0.2) is 84.4 Å². The van der Waals surface area contributed by atoms with Crippen LogP contribution in [0, 0.1) is 17.8 Å². The maximum atomic E-state index is 15.4. The van der Waals surface area contributed by atoms with Crippen LogP contribution < -0.4 is 14.8 Å². The quantitative estimate of drug-likeness (QED) is 0.0206. The summed E-state index contributed by atoms with van der Waals surface area (Å²) >= 11 is 0. The number of carbonyl (C=O) groups is 2. The summed E-state index contributed by atoms with van der Waals surface area (Å²) in [4.78, 5) is 37.1. The van der Waals surface area contributed by atoms with Crippen molar-refractivity contribution in [3.63, 3.8) is 0 Å². The molecule has 2 aliphatic carbocycles. The molecule has 0 aromatic heterocycles. The first-order valence-corrected chi connectivity index (χ1v) is 30.1. The summed E-state index contributed by atoms with van der Waals surface area (Å²) in [5.74, 6) is -1.66. The topological polar surface area (TPSA) is 158 Å². The molecule has 8 rings (SSSR count). The van der Waals surface area contributed by atoms with Crippen LogP contribution in [0.2, 0.25) is 0 Å². The fourth-order valence-corrected chi connectivity index (χ4v) is 12.4. The number of rotatable bonds is 34. The number of benzene rings is 5. The Kier molecular flexibility index (Phi) is 24.1. The predicted octanol–water partition coefficient (Wildman–Crippen LogP) is 14.5. The van der Waals surface area contributed by atoms with Crippen molar-refractivity contribution in [1.29, 1.82) is 0 Å². The Hall–Kier alpha value is -6.51. The fraction of sp³-hybridized carbons (Fsp3) is 0.485. The van der Waals surface area contributed by atoms with Gasteiger partial charge in [-0.05, 0) is 95.2 Å². The number of unbranched alkanes of at least 4 members (excludes halogenated alkanes) is 11. The molecule has 1 saturated carbocycles. The van der Waals surface area contributed by atoms with E-state index in [0.29, 0.717) is 43.2 Å². The number of nitrogens with zero attached hydrogens (tertiary/aromatic N) is 2. The number of allylic oxidation sites excluding steroid dienone is 1. The lowest BCUT2D eigenvalue weighted by atomic mass is 9.55. The standard InChI is InChI=1S/C68H87N3O10/c1-3-5-6-7-8-9-10-11-12-23-39-69-66(74)80-56-37-38-62-60(46-56)64-58(36-22-25-41-73)54(32-21-24-40-72)45-59-61(70-79-50-52-29-17-14-18-30-52)47-63(68(81-62,65(59)64)78-42-4-2)71(48-55-34-26-33-53-31-19-20-35-57(53)55)67(75)77-44-43-76-49-51-27-15-13-16-28-51/h4,13-20,26-31,33-35,37-38,45-46,54,58,63-65,72-73H,2-3,5-12,21-25,32,36,39-44,47-50H2,1H3,(H,69,74). The molecule has 0 radical (unpaired) electrons. The molecule has 5 aromatic carbocycles. The maximum absolute atomic E-state index is 15.4. The molecule has 13 heteroatoms. The Labute approximate surface area is 480 Å². The summed E-state index contributed by atoms with van der Waals surface area (Å²) in [5, 5.41) is 30.4. The normalized spacial score (nSPS) is 20.4. The molecule has 5 aromatic rings. The first-order chi connectivity index (χ1) is 39.9. The highest BCUT2D eigenvalue weighted by atomic mass is 16.7. The van der Waals surface area contributed by atoms with E-state index in [1.165, 1.54) is 44.9 Å². The smallest absolute Gasteiger partial charge is 0.412 e. The van der Waals surface area contributed by atoms with E-state index in [2.05, 4.69) is 43.1 Å². The van der Waals surface area contributed by atoms with Gasteiger partial charge in [-0.2, -0.15) is 0 Å². The van der Waals surface area contributed by atoms with Gasteiger partial charge in [-0.25, -0.2) is 9.59 Å². The van der Waals surface area contributed by atoms with E-state index in [1.54, 1.807) is 17.0 Å². The Morgan fingerprint density at radius 1 is 0.765 bits per heavy atom. The van der Waals surface area contributed by atoms with Gasteiger partial charge in [-0.1, -0.05) is 198 Å². The predicted molar refractivity (Wildman–Crippen MR) is 319 cm³/mol. The third-order valence-corrected chi connectivity index (χ3v) is 16.3. The average Bonchev–Trinajstić information content (AvgIpc) is 2.70. The van der Waals surface area contributed by atoms with E-state index in [9.17, 15) is 15.0 Å². The van der Waals surface area contributed by atoms with Crippen molar-refractivity contribution in [2.75, 3.05) is 39.6 Å². The minimum absolute atomic E-state index is 0.00742. The van der Waals surface area contributed by atoms with Crippen molar-refractivity contribution in [2.45, 2.75) is 154 Å². The Bertz CT molecular complexity index is 2780. The number of hydrogen-bond donors (Lipinski definition) is 3. The largest absolute Gasteiger partial charge is 0.459 e. The summed E-state index contributed by atoms with van der Waals surface area (Å²) in [6.45, 7) is 7.96. The molecule has 0 bridgehead atoms. The highest BCUT2D eigenvalue weighted by Gasteiger charge is 2.66. The van der Waals surface area contributed by atoms with Crippen molar-refractivity contribution in [3.8, 4) is 11.5 Å². The third-order valence-electron chi connectivity index (χ3n) is 16.3. The lowest BCUT2D eigenvalue weighted by molar-refractivity contribution is -0.256. The van der Waals surface area contributed by atoms with E-state index in [1.807, 2.05) is 97.1 Å². The number of oxime groups is 1. The number of hydrogen-bond acceptors (Lipinski definition) is 11. The van der Waals surface area contributed by atoms with Gasteiger partial charge in [0.25, 0.3) is 0 Å². The minimum atomic E-state index is -1.57. The van der Waals surface area contributed by atoms with E-state index in [0.717, 1.165) is 83.5 Å². The number of carbonyl (C=O) groups excluding carboxylic acids is 2. The first-order valence-electron chi connectivity index (χ1n) is 30.1. The molecule has 1 aliphatic heterocycles. The zero-order valence-corrected chi connectivity index (χ0v) is 47.7. The van der Waals surface area contributed by atoms with E-state index < -0.39 is 29.9 Å². The molecule has 0 spiro atoms. The van der Waals surface area contributed by atoms with Gasteiger partial charge in [0.05, 0.1) is 38.0 Å². The molecule has 6 atom stereocenters. The number of amides is 2. The molecule has 1 heterocycles. The highest BCUT2D eigenvalue weighted by Crippen LogP contribution is 2.62. The van der Waals surface area contributed by atoms with Crippen LogP contribution >= 0.6 is 0 Å². The summed E-state index contributed by atoms with van der Waals surface area (Å²) in [7, 11) is 0. The van der Waals surface area contributed by atoms with Crippen LogP contribution in [-0.2, 0) is 38.8 Å². The first kappa shape index (κ1) is 60.6. The van der Waals surface area contributed by atoms with Crippen LogP contribution in [0.25, 0.3) is 10.8 Å². The van der Waals surface area contributed by atoms with Crippen LogP contribution in [0.5, 0.6) is 11.5 Å². The second-order valence-corrected chi connectivity index (χ2v) is 21.9. The molecule has 0 saturated heterocycles. The van der Waals surface area contributed by atoms with Gasteiger partial charge >= 0.3 is 12.2 Å². The molecule has 434 valence electrons. The second kappa shape index (κ2) is 32.2. The van der Waals surface area contributed by atoms with Crippen molar-refractivity contribution in [3.05, 3.63) is 168 Å². The van der Waals surface area contributed by atoms with E-state index in [4.69, 9.17) is 33.7 Å². The van der Waals surface area contributed by atoms with Gasteiger partial charge < -0.3 is 44.1 Å². The lowest BCUT2D eigenvalue weighted by Crippen LogP contribution is -2.70. The van der Waals surface area contributed by atoms with E-state index >= 15 is 4.79 Å². The molecule has 2 amide bonds. The number of ether oxygens (including phenoxy) is 5. The van der Waals surface area contributed by atoms with Crippen LogP contribution in [0.3, 0.4) is 0 Å². The number of nitrogens with one attached hydrogen (secondary N) is 1. The molecule has 3 aliphatic rings. The Balaban J connectivity index is 1.19. The third kappa shape index (κ3) is 16.6. The molecular formula is C68H87N3O10. The zero-order valence-electron chi connectivity index (χ0n) is 47.7. The summed E-state index contributed by atoms with van der Waals surface area (Å²) in [5.41, 5.74) is 5.24. The van der Waals surface area contributed by atoms with Gasteiger partial charge in [-0.3, -0.25) is 4.90 Å². The molecule has 1 fully saturated rings. The molecule has 13 nitrogen and oxygen atoms in total. The highest BCUT2D eigenvalue weighted by molar-refractivity contribution is 6.03. The Morgan fingerprint density at radius 3 is 2.17 bits per heavy atom. The van der Waals surface area contributed by atoms with Crippen molar-refractivity contribution in [2.24, 2.45) is 22.9 Å². The average molecular weight is 1110 g/mol. The molecular weight excluding hydrogens is 1020 g/mol. The summed E-state index contributed by atoms with van der Waals surface area (Å²) < 4.78 is 33.3. The van der Waals surface area contributed by atoms with E-state index in [-0.39, 0.29) is 70.4 Å². The fourth-order valence-electron chi connectivity index (χ4n) is 12.4. The zero-order chi connectivity index (χ0) is 56.5. The van der Waals surface area contributed by atoms with Gasteiger partial charge in [-0.15, -0.1) is 6.58 Å². The SMILES string of the molecule is C=CCOC12Oc3ccc(OC(=O)NCCCCCCCCCCCC)cc3C3C(CCCCO)C(CCCCO)C=C(C(=NOCc4ccccc4)CC1N(Cc1cccc4ccccc14)C(=O)OCCOCc1ccccc1)C32. The van der Waals surface area contributed by atoms with Crippen LogP contribution in [0.1, 0.15) is 144 Å². The van der Waals surface area contributed by atoms with Crippen molar-refractivity contribution >= 4 is 28.7 Å². The Morgan fingerprint density at radius 2 is 1.44 bits per heavy atom. The number of fused-ring (bicyclic) bond motifs is 3. The van der Waals surface area contributed by atoms with Gasteiger partial charge in [0, 0.05) is 37.7 Å². The number of aliphatic hydroxyl groups is 2. The van der Waals surface area contributed by atoms with Crippen LogP contribution in [0.4, 0.5) is 9.59 Å². The van der Waals surface area contributed by atoms with Crippen molar-refractivity contribution < 1.29 is 48.3 Å². The summed E-state index contributed by atoms with van der Waals surface area (Å²) in [6.07, 6.45) is 19.4. The molecule has 3 N–H and O–H groups in total. The van der Waals surface area contributed by atoms with Crippen LogP contribution in [0.15, 0.2) is 151 Å².